The fourth-order valence-electron chi connectivity index (χ4n) is 2.27. The van der Waals surface area contributed by atoms with Crippen LogP contribution in [0.15, 0.2) is 46.9 Å². The first-order chi connectivity index (χ1) is 12.1. The maximum atomic E-state index is 12.4. The van der Waals surface area contributed by atoms with Gasteiger partial charge in [0.2, 0.25) is 11.8 Å². The number of carbonyl (C=O) groups excluding carboxylic acids is 1. The molecular weight excluding hydrogens is 322 g/mol. The van der Waals surface area contributed by atoms with Crippen LogP contribution in [0.1, 0.15) is 23.2 Å². The minimum absolute atomic E-state index is 0.121. The van der Waals surface area contributed by atoms with Crippen molar-refractivity contribution in [1.82, 2.24) is 10.2 Å². The van der Waals surface area contributed by atoms with Gasteiger partial charge in [-0.15, -0.1) is 10.2 Å². The molecule has 0 aliphatic rings. The Labute approximate surface area is 144 Å². The predicted octanol–water partition coefficient (Wildman–Crippen LogP) is 3.27. The number of hydrogen-bond donors (Lipinski definition) is 2. The van der Waals surface area contributed by atoms with Crippen molar-refractivity contribution in [3.8, 4) is 23.0 Å². The van der Waals surface area contributed by atoms with Gasteiger partial charge in [-0.2, -0.15) is 0 Å². The lowest BCUT2D eigenvalue weighted by Crippen LogP contribution is -2.12. The van der Waals surface area contributed by atoms with E-state index in [9.17, 15) is 9.90 Å². The summed E-state index contributed by atoms with van der Waals surface area (Å²) in [7, 11) is 1.49. The van der Waals surface area contributed by atoms with Crippen molar-refractivity contribution in [3.63, 3.8) is 0 Å². The van der Waals surface area contributed by atoms with Crippen LogP contribution in [-0.4, -0.2) is 28.3 Å². The number of carbonyl (C=O) groups is 1. The molecule has 0 saturated heterocycles. The van der Waals surface area contributed by atoms with Crippen LogP contribution in [0.2, 0.25) is 0 Å². The van der Waals surface area contributed by atoms with Crippen molar-refractivity contribution < 1.29 is 19.1 Å². The Hall–Kier alpha value is -3.35. The van der Waals surface area contributed by atoms with Gasteiger partial charge in [-0.25, -0.2) is 0 Å². The molecule has 0 saturated carbocycles. The van der Waals surface area contributed by atoms with Gasteiger partial charge in [0.15, 0.2) is 0 Å². The molecule has 0 radical (unpaired) electrons. The number of ether oxygens (including phenoxy) is 1. The summed E-state index contributed by atoms with van der Waals surface area (Å²) >= 11 is 0. The van der Waals surface area contributed by atoms with E-state index in [1.165, 1.54) is 19.2 Å². The number of methoxy groups -OCH3 is 1. The van der Waals surface area contributed by atoms with E-state index >= 15 is 0 Å². The van der Waals surface area contributed by atoms with Gasteiger partial charge in [-0.05, 0) is 36.4 Å². The number of nitrogens with zero attached hydrogens (tertiary/aromatic N) is 2. The average Bonchev–Trinajstić information content (AvgIpc) is 3.11. The summed E-state index contributed by atoms with van der Waals surface area (Å²) in [5, 5.41) is 20.5. The van der Waals surface area contributed by atoms with Crippen LogP contribution in [-0.2, 0) is 6.42 Å². The summed E-state index contributed by atoms with van der Waals surface area (Å²) in [6.07, 6.45) is 0.651. The number of rotatable bonds is 5. The first-order valence-corrected chi connectivity index (χ1v) is 7.72. The Bertz CT molecular complexity index is 905. The third-order valence-electron chi connectivity index (χ3n) is 3.59. The zero-order valence-electron chi connectivity index (χ0n) is 13.8. The monoisotopic (exact) mass is 339 g/mol. The van der Waals surface area contributed by atoms with Crippen LogP contribution in [0.4, 0.5) is 5.69 Å². The van der Waals surface area contributed by atoms with Crippen molar-refractivity contribution in [1.29, 1.82) is 0 Å². The van der Waals surface area contributed by atoms with E-state index in [1.54, 1.807) is 24.3 Å². The zero-order chi connectivity index (χ0) is 17.8. The summed E-state index contributed by atoms with van der Waals surface area (Å²) in [5.41, 5.74) is 1.36. The Kier molecular flexibility index (Phi) is 4.65. The molecule has 3 aromatic rings. The largest absolute Gasteiger partial charge is 0.507 e. The molecule has 1 amide bonds. The molecule has 0 unspecified atom stereocenters. The quantitative estimate of drug-likeness (QED) is 0.740. The number of aromatic hydroxyl groups is 1. The number of aryl methyl sites for hydroxylation is 1. The standard InChI is InChI=1S/C18H17N3O4/c1-3-16-20-21-18(25-16)11-5-4-6-12(9-11)19-17(23)14-10-13(24-2)7-8-15(14)22/h4-10,22H,3H2,1-2H3,(H,19,23). The Balaban J connectivity index is 1.83. The van der Waals surface area contributed by atoms with Crippen LogP contribution in [0.25, 0.3) is 11.5 Å². The van der Waals surface area contributed by atoms with Gasteiger partial charge < -0.3 is 19.6 Å². The van der Waals surface area contributed by atoms with Crippen molar-refractivity contribution in [2.24, 2.45) is 0 Å². The third-order valence-corrected chi connectivity index (χ3v) is 3.59. The SMILES string of the molecule is CCc1nnc(-c2cccc(NC(=O)c3cc(OC)ccc3O)c2)o1. The summed E-state index contributed by atoms with van der Waals surface area (Å²) in [5.74, 6) is 0.838. The van der Waals surface area contributed by atoms with E-state index in [4.69, 9.17) is 9.15 Å². The van der Waals surface area contributed by atoms with Crippen molar-refractivity contribution in [2.75, 3.05) is 12.4 Å². The Morgan fingerprint density at radius 1 is 1.24 bits per heavy atom. The van der Waals surface area contributed by atoms with Gasteiger partial charge in [0, 0.05) is 17.7 Å². The molecule has 0 atom stereocenters. The van der Waals surface area contributed by atoms with Crippen LogP contribution in [0.3, 0.4) is 0 Å². The third kappa shape index (κ3) is 3.60. The molecule has 0 fully saturated rings. The van der Waals surface area contributed by atoms with Crippen molar-refractivity contribution in [3.05, 3.63) is 53.9 Å². The number of amides is 1. The number of phenolic OH excluding ortho intramolecular Hbond substituents is 1. The Morgan fingerprint density at radius 3 is 2.80 bits per heavy atom. The molecule has 2 N–H and O–H groups in total. The van der Waals surface area contributed by atoms with E-state index in [1.807, 2.05) is 13.0 Å². The zero-order valence-corrected chi connectivity index (χ0v) is 13.8. The lowest BCUT2D eigenvalue weighted by Gasteiger charge is -2.09. The molecule has 2 aromatic carbocycles. The minimum Gasteiger partial charge on any atom is -0.507 e. The first-order valence-electron chi connectivity index (χ1n) is 7.72. The number of phenols is 1. The molecule has 25 heavy (non-hydrogen) atoms. The summed E-state index contributed by atoms with van der Waals surface area (Å²) in [4.78, 5) is 12.4. The molecule has 3 rings (SSSR count). The van der Waals surface area contributed by atoms with Crippen LogP contribution in [0.5, 0.6) is 11.5 Å². The van der Waals surface area contributed by atoms with Crippen molar-refractivity contribution in [2.45, 2.75) is 13.3 Å². The lowest BCUT2D eigenvalue weighted by atomic mass is 10.1. The second-order valence-electron chi connectivity index (χ2n) is 5.27. The molecule has 7 nitrogen and oxygen atoms in total. The smallest absolute Gasteiger partial charge is 0.259 e. The van der Waals surface area contributed by atoms with E-state index in [0.29, 0.717) is 35.2 Å². The van der Waals surface area contributed by atoms with Crippen LogP contribution in [0, 0.1) is 0 Å². The topological polar surface area (TPSA) is 97.5 Å². The number of nitrogens with one attached hydrogen (secondary N) is 1. The van der Waals surface area contributed by atoms with E-state index in [-0.39, 0.29) is 11.3 Å². The molecule has 0 bridgehead atoms. The van der Waals surface area contributed by atoms with E-state index in [0.717, 1.165) is 0 Å². The summed E-state index contributed by atoms with van der Waals surface area (Å²) in [6.45, 7) is 1.93. The highest BCUT2D eigenvalue weighted by molar-refractivity contribution is 6.06. The fraction of sp³-hybridized carbons (Fsp3) is 0.167. The first kappa shape index (κ1) is 16.5. The molecule has 7 heteroatoms. The van der Waals surface area contributed by atoms with E-state index in [2.05, 4.69) is 15.5 Å². The van der Waals surface area contributed by atoms with Gasteiger partial charge in [-0.1, -0.05) is 13.0 Å². The minimum atomic E-state index is -0.451. The predicted molar refractivity (Wildman–Crippen MR) is 91.7 cm³/mol. The number of benzene rings is 2. The average molecular weight is 339 g/mol. The van der Waals surface area contributed by atoms with Crippen LogP contribution >= 0.6 is 0 Å². The normalized spacial score (nSPS) is 10.5. The fourth-order valence-corrected chi connectivity index (χ4v) is 2.27. The molecule has 1 aromatic heterocycles. The van der Waals surface area contributed by atoms with Gasteiger partial charge in [0.25, 0.3) is 5.91 Å². The summed E-state index contributed by atoms with van der Waals surface area (Å²) < 4.78 is 10.6. The Morgan fingerprint density at radius 2 is 2.08 bits per heavy atom. The highest BCUT2D eigenvalue weighted by Gasteiger charge is 2.14. The maximum Gasteiger partial charge on any atom is 0.259 e. The molecule has 0 aliphatic carbocycles. The van der Waals surface area contributed by atoms with Gasteiger partial charge in [-0.3, -0.25) is 4.79 Å². The number of aromatic nitrogens is 2. The number of hydrogen-bond acceptors (Lipinski definition) is 6. The van der Waals surface area contributed by atoms with Crippen molar-refractivity contribution >= 4 is 11.6 Å². The van der Waals surface area contributed by atoms with Gasteiger partial charge in [0.05, 0.1) is 12.7 Å². The van der Waals surface area contributed by atoms with Gasteiger partial charge in [0.1, 0.15) is 11.5 Å². The second-order valence-corrected chi connectivity index (χ2v) is 5.27. The molecule has 128 valence electrons. The highest BCUT2D eigenvalue weighted by atomic mass is 16.5. The van der Waals surface area contributed by atoms with Gasteiger partial charge >= 0.3 is 0 Å². The highest BCUT2D eigenvalue weighted by Crippen LogP contribution is 2.25. The second kappa shape index (κ2) is 7.04. The molecule has 1 heterocycles. The summed E-state index contributed by atoms with van der Waals surface area (Å²) in [6, 6.07) is 11.5. The maximum absolute atomic E-state index is 12.4. The van der Waals surface area contributed by atoms with E-state index < -0.39 is 5.91 Å². The molecular formula is C18H17N3O4. The molecule has 0 aliphatic heterocycles. The van der Waals surface area contributed by atoms with Crippen LogP contribution < -0.4 is 10.1 Å². The lowest BCUT2D eigenvalue weighted by molar-refractivity contribution is 0.102. The molecule has 0 spiro atoms. The number of anilines is 1.